The summed E-state index contributed by atoms with van der Waals surface area (Å²) in [5.74, 6) is -1.09. The van der Waals surface area contributed by atoms with Crippen molar-refractivity contribution in [2.75, 3.05) is 6.61 Å². The number of hydrogen-bond acceptors (Lipinski definition) is 3. The summed E-state index contributed by atoms with van der Waals surface area (Å²) in [7, 11) is 0. The molecule has 0 aliphatic rings. The summed E-state index contributed by atoms with van der Waals surface area (Å²) in [4.78, 5) is 21.7. The Hall–Kier alpha value is -1.23. The van der Waals surface area contributed by atoms with Crippen LogP contribution in [-0.4, -0.2) is 18.9 Å². The van der Waals surface area contributed by atoms with Crippen molar-refractivity contribution in [3.05, 3.63) is 33.5 Å². The fourth-order valence-electron chi connectivity index (χ4n) is 1.22. The number of rotatable bonds is 4. The van der Waals surface area contributed by atoms with Crippen molar-refractivity contribution < 1.29 is 18.7 Å². The standard InChI is InChI=1S/C11H10BrFO3/c1-2-16-11(15)5-8-9(12)3-7(6-14)4-10(8)13/h3-4,6H,2,5H2,1H3. The van der Waals surface area contributed by atoms with E-state index in [1.54, 1.807) is 6.92 Å². The molecule has 16 heavy (non-hydrogen) atoms. The predicted molar refractivity (Wildman–Crippen MR) is 59.8 cm³/mol. The van der Waals surface area contributed by atoms with E-state index in [9.17, 15) is 14.0 Å². The van der Waals surface area contributed by atoms with Crippen molar-refractivity contribution in [3.63, 3.8) is 0 Å². The van der Waals surface area contributed by atoms with Crippen LogP contribution in [0.15, 0.2) is 16.6 Å². The van der Waals surface area contributed by atoms with Crippen LogP contribution in [0.25, 0.3) is 0 Å². The molecule has 0 aliphatic heterocycles. The van der Waals surface area contributed by atoms with Crippen LogP contribution in [-0.2, 0) is 16.0 Å². The Bertz CT molecular complexity index is 395. The molecular weight excluding hydrogens is 279 g/mol. The topological polar surface area (TPSA) is 43.4 Å². The Morgan fingerprint density at radius 2 is 2.25 bits per heavy atom. The van der Waals surface area contributed by atoms with Gasteiger partial charge < -0.3 is 4.74 Å². The lowest BCUT2D eigenvalue weighted by molar-refractivity contribution is -0.142. The quantitative estimate of drug-likeness (QED) is 0.632. The smallest absolute Gasteiger partial charge is 0.310 e. The number of benzene rings is 1. The summed E-state index contributed by atoms with van der Waals surface area (Å²) in [5.41, 5.74) is 0.418. The van der Waals surface area contributed by atoms with Gasteiger partial charge in [0, 0.05) is 15.6 Å². The molecule has 3 nitrogen and oxygen atoms in total. The number of esters is 1. The third-order valence-corrected chi connectivity index (χ3v) is 2.63. The van der Waals surface area contributed by atoms with Gasteiger partial charge in [0.25, 0.3) is 0 Å². The average Bonchev–Trinajstić information content (AvgIpc) is 2.23. The molecule has 0 saturated carbocycles. The lowest BCUT2D eigenvalue weighted by atomic mass is 10.1. The first kappa shape index (κ1) is 12.8. The summed E-state index contributed by atoms with van der Waals surface area (Å²) >= 11 is 3.11. The minimum atomic E-state index is -0.593. The van der Waals surface area contributed by atoms with Crippen LogP contribution < -0.4 is 0 Å². The van der Waals surface area contributed by atoms with Crippen LogP contribution >= 0.6 is 15.9 Å². The molecular formula is C11H10BrFO3. The summed E-state index contributed by atoms with van der Waals surface area (Å²) in [6.45, 7) is 1.93. The fraction of sp³-hybridized carbons (Fsp3) is 0.273. The highest BCUT2D eigenvalue weighted by atomic mass is 79.9. The minimum Gasteiger partial charge on any atom is -0.466 e. The van der Waals surface area contributed by atoms with E-state index in [0.717, 1.165) is 6.07 Å². The van der Waals surface area contributed by atoms with Crippen molar-refractivity contribution in [3.8, 4) is 0 Å². The number of halogens is 2. The molecule has 0 heterocycles. The van der Waals surface area contributed by atoms with Gasteiger partial charge in [0.15, 0.2) is 0 Å². The molecule has 0 bridgehead atoms. The van der Waals surface area contributed by atoms with Crippen molar-refractivity contribution in [1.29, 1.82) is 0 Å². The van der Waals surface area contributed by atoms with Gasteiger partial charge in [-0.25, -0.2) is 4.39 Å². The number of carbonyl (C=O) groups is 2. The van der Waals surface area contributed by atoms with E-state index in [4.69, 9.17) is 4.74 Å². The van der Waals surface area contributed by atoms with E-state index in [-0.39, 0.29) is 24.2 Å². The molecule has 0 aromatic heterocycles. The Labute approximate surface area is 101 Å². The van der Waals surface area contributed by atoms with Crippen LogP contribution in [0.3, 0.4) is 0 Å². The summed E-state index contributed by atoms with van der Waals surface area (Å²) < 4.78 is 18.6. The molecule has 0 spiro atoms. The number of carbonyl (C=O) groups excluding carboxylic acids is 2. The highest BCUT2D eigenvalue weighted by Gasteiger charge is 2.13. The van der Waals surface area contributed by atoms with Gasteiger partial charge in [-0.1, -0.05) is 15.9 Å². The van der Waals surface area contributed by atoms with E-state index in [1.165, 1.54) is 6.07 Å². The Morgan fingerprint density at radius 1 is 1.56 bits per heavy atom. The predicted octanol–water partition coefficient (Wildman–Crippen LogP) is 2.51. The van der Waals surface area contributed by atoms with E-state index in [1.807, 2.05) is 0 Å². The Kier molecular flexibility index (Phi) is 4.61. The van der Waals surface area contributed by atoms with Crippen molar-refractivity contribution >= 4 is 28.2 Å². The van der Waals surface area contributed by atoms with E-state index >= 15 is 0 Å². The third kappa shape index (κ3) is 3.13. The van der Waals surface area contributed by atoms with Gasteiger partial charge in [0.1, 0.15) is 12.1 Å². The second-order valence-corrected chi connectivity index (χ2v) is 3.92. The molecule has 0 aliphatic carbocycles. The largest absolute Gasteiger partial charge is 0.466 e. The van der Waals surface area contributed by atoms with Gasteiger partial charge in [0.2, 0.25) is 0 Å². The molecule has 5 heteroatoms. The molecule has 0 radical (unpaired) electrons. The van der Waals surface area contributed by atoms with Crippen LogP contribution in [0, 0.1) is 5.82 Å². The SMILES string of the molecule is CCOC(=O)Cc1c(F)cc(C=O)cc1Br. The highest BCUT2D eigenvalue weighted by molar-refractivity contribution is 9.10. The van der Waals surface area contributed by atoms with Crippen LogP contribution in [0.1, 0.15) is 22.8 Å². The first-order valence-corrected chi connectivity index (χ1v) is 5.46. The minimum absolute atomic E-state index is 0.153. The molecule has 1 aromatic carbocycles. The zero-order valence-corrected chi connectivity index (χ0v) is 10.2. The van der Waals surface area contributed by atoms with E-state index in [2.05, 4.69) is 15.9 Å². The molecule has 0 N–H and O–H groups in total. The fourth-order valence-corrected chi connectivity index (χ4v) is 1.81. The molecule has 0 saturated heterocycles. The number of aldehydes is 1. The van der Waals surface area contributed by atoms with Crippen LogP contribution in [0.4, 0.5) is 4.39 Å². The monoisotopic (exact) mass is 288 g/mol. The molecule has 86 valence electrons. The van der Waals surface area contributed by atoms with E-state index in [0.29, 0.717) is 10.8 Å². The highest BCUT2D eigenvalue weighted by Crippen LogP contribution is 2.22. The maximum atomic E-state index is 13.5. The van der Waals surface area contributed by atoms with Gasteiger partial charge in [-0.2, -0.15) is 0 Å². The Balaban J connectivity index is 2.96. The van der Waals surface area contributed by atoms with E-state index < -0.39 is 11.8 Å². The number of ether oxygens (including phenoxy) is 1. The lowest BCUT2D eigenvalue weighted by Crippen LogP contribution is -2.09. The van der Waals surface area contributed by atoms with Gasteiger partial charge in [0.05, 0.1) is 13.0 Å². The summed E-state index contributed by atoms with van der Waals surface area (Å²) in [6.07, 6.45) is 0.390. The molecule has 0 fully saturated rings. The maximum Gasteiger partial charge on any atom is 0.310 e. The lowest BCUT2D eigenvalue weighted by Gasteiger charge is -2.06. The third-order valence-electron chi connectivity index (χ3n) is 1.93. The summed E-state index contributed by atoms with van der Waals surface area (Å²) in [5, 5.41) is 0. The zero-order valence-electron chi connectivity index (χ0n) is 8.63. The van der Waals surface area contributed by atoms with Gasteiger partial charge >= 0.3 is 5.97 Å². The second-order valence-electron chi connectivity index (χ2n) is 3.06. The van der Waals surface area contributed by atoms with Gasteiger partial charge in [-0.15, -0.1) is 0 Å². The van der Waals surface area contributed by atoms with Crippen molar-refractivity contribution in [1.82, 2.24) is 0 Å². The van der Waals surface area contributed by atoms with Crippen molar-refractivity contribution in [2.24, 2.45) is 0 Å². The second kappa shape index (κ2) is 5.75. The maximum absolute atomic E-state index is 13.5. The van der Waals surface area contributed by atoms with Crippen molar-refractivity contribution in [2.45, 2.75) is 13.3 Å². The molecule has 1 rings (SSSR count). The Morgan fingerprint density at radius 3 is 2.75 bits per heavy atom. The normalized spacial score (nSPS) is 9.94. The molecule has 0 amide bonds. The van der Waals surface area contributed by atoms with Crippen LogP contribution in [0.2, 0.25) is 0 Å². The number of hydrogen-bond donors (Lipinski definition) is 0. The molecule has 0 atom stereocenters. The molecule has 0 unspecified atom stereocenters. The first-order chi connectivity index (χ1) is 7.58. The summed E-state index contributed by atoms with van der Waals surface area (Å²) in [6, 6.07) is 2.55. The average molecular weight is 289 g/mol. The van der Waals surface area contributed by atoms with Gasteiger partial charge in [-0.3, -0.25) is 9.59 Å². The zero-order chi connectivity index (χ0) is 12.1. The first-order valence-electron chi connectivity index (χ1n) is 4.67. The van der Waals surface area contributed by atoms with Gasteiger partial charge in [-0.05, 0) is 19.1 Å². The molecule has 1 aromatic rings. The van der Waals surface area contributed by atoms with Crippen LogP contribution in [0.5, 0.6) is 0 Å².